The normalized spacial score (nSPS) is 16.0. The van der Waals surface area contributed by atoms with Gasteiger partial charge in [0.15, 0.2) is 24.0 Å². The summed E-state index contributed by atoms with van der Waals surface area (Å²) in [6.45, 7) is 2.68. The number of hydrogen-bond donors (Lipinski definition) is 1. The molecule has 4 rings (SSSR count). The second kappa shape index (κ2) is 9.67. The molecule has 168 valence electrons. The van der Waals surface area contributed by atoms with Crippen LogP contribution in [0.2, 0.25) is 0 Å². The van der Waals surface area contributed by atoms with Crippen LogP contribution in [0.1, 0.15) is 42.6 Å². The van der Waals surface area contributed by atoms with Crippen molar-refractivity contribution in [3.05, 3.63) is 65.6 Å². The molecule has 9 heteroatoms. The predicted octanol–water partition coefficient (Wildman–Crippen LogP) is 4.86. The molecule has 1 unspecified atom stereocenters. The van der Waals surface area contributed by atoms with Crippen molar-refractivity contribution in [3.63, 3.8) is 0 Å². The molecule has 2 amide bonds. The molecule has 1 atom stereocenters. The molecule has 3 aromatic rings. The number of benzene rings is 2. The molecule has 0 radical (unpaired) electrons. The minimum Gasteiger partial charge on any atom is -0.494 e. The van der Waals surface area contributed by atoms with Gasteiger partial charge >= 0.3 is 6.03 Å². The third-order valence-corrected chi connectivity index (χ3v) is 5.33. The van der Waals surface area contributed by atoms with Crippen LogP contribution < -0.4 is 14.8 Å². The highest BCUT2D eigenvalue weighted by atomic mass is 19.1. The molecule has 0 saturated carbocycles. The van der Waals surface area contributed by atoms with E-state index in [0.717, 1.165) is 18.4 Å². The summed E-state index contributed by atoms with van der Waals surface area (Å²) in [6.07, 6.45) is 2.51. The van der Waals surface area contributed by atoms with E-state index in [4.69, 9.17) is 14.0 Å². The second-order valence-electron chi connectivity index (χ2n) is 7.63. The lowest BCUT2D eigenvalue weighted by atomic mass is 10.0. The van der Waals surface area contributed by atoms with Gasteiger partial charge in [-0.25, -0.2) is 9.18 Å². The van der Waals surface area contributed by atoms with Crippen molar-refractivity contribution in [2.75, 3.05) is 19.0 Å². The van der Waals surface area contributed by atoms with Crippen molar-refractivity contribution in [1.82, 2.24) is 15.0 Å². The Kier molecular flexibility index (Phi) is 6.53. The number of halogens is 1. The van der Waals surface area contributed by atoms with Crippen molar-refractivity contribution in [3.8, 4) is 11.5 Å². The monoisotopic (exact) mass is 440 g/mol. The second-order valence-corrected chi connectivity index (χ2v) is 7.63. The van der Waals surface area contributed by atoms with Crippen LogP contribution in [0.25, 0.3) is 0 Å². The Morgan fingerprint density at radius 2 is 2.06 bits per heavy atom. The highest BCUT2D eigenvalue weighted by Crippen LogP contribution is 2.30. The number of carbonyl (C=O) groups is 1. The number of aromatic nitrogens is 2. The lowest BCUT2D eigenvalue weighted by Crippen LogP contribution is -2.41. The summed E-state index contributed by atoms with van der Waals surface area (Å²) in [5.74, 6) is 1.05. The Hall–Kier alpha value is -3.62. The first-order valence-electron chi connectivity index (χ1n) is 10.5. The van der Waals surface area contributed by atoms with E-state index in [-0.39, 0.29) is 24.4 Å². The summed E-state index contributed by atoms with van der Waals surface area (Å²) in [5, 5.41) is 6.82. The first-order valence-corrected chi connectivity index (χ1v) is 10.5. The summed E-state index contributed by atoms with van der Waals surface area (Å²) in [4.78, 5) is 19.0. The van der Waals surface area contributed by atoms with E-state index in [1.54, 1.807) is 11.0 Å². The van der Waals surface area contributed by atoms with Crippen LogP contribution in [0, 0.1) is 12.7 Å². The van der Waals surface area contributed by atoms with Crippen molar-refractivity contribution in [1.29, 1.82) is 0 Å². The molecule has 2 aromatic carbocycles. The number of aryl methyl sites for hydroxylation is 1. The third-order valence-electron chi connectivity index (χ3n) is 5.33. The van der Waals surface area contributed by atoms with Crippen molar-refractivity contribution < 1.29 is 23.2 Å². The average molecular weight is 440 g/mol. The number of anilines is 1. The number of nitrogens with zero attached hydrogens (tertiary/aromatic N) is 3. The molecular formula is C23H25FN4O4. The molecule has 8 nitrogen and oxygen atoms in total. The zero-order chi connectivity index (χ0) is 22.5. The Bertz CT molecular complexity index is 1070. The molecule has 0 spiro atoms. The number of nitrogens with one attached hydrogen (secondary N) is 1. The number of carbonyl (C=O) groups excluding carboxylic acids is 1. The fraction of sp³-hybridized carbons (Fsp3) is 0.348. The van der Waals surface area contributed by atoms with E-state index in [9.17, 15) is 9.18 Å². The quantitative estimate of drug-likeness (QED) is 0.589. The topological polar surface area (TPSA) is 89.7 Å². The van der Waals surface area contributed by atoms with E-state index in [1.165, 1.54) is 19.2 Å². The van der Waals surface area contributed by atoms with Gasteiger partial charge in [0.1, 0.15) is 5.75 Å². The van der Waals surface area contributed by atoms with Gasteiger partial charge in [0.25, 0.3) is 5.89 Å². The van der Waals surface area contributed by atoms with Crippen LogP contribution in [0.15, 0.2) is 47.0 Å². The van der Waals surface area contributed by atoms with Crippen LogP contribution in [-0.4, -0.2) is 34.7 Å². The molecule has 1 N–H and O–H groups in total. The number of hydrogen-bond acceptors (Lipinski definition) is 6. The van der Waals surface area contributed by atoms with Crippen molar-refractivity contribution >= 4 is 11.7 Å². The summed E-state index contributed by atoms with van der Waals surface area (Å²) in [5.41, 5.74) is 1.49. The molecule has 0 aliphatic carbocycles. The molecule has 1 saturated heterocycles. The predicted molar refractivity (Wildman–Crippen MR) is 115 cm³/mol. The Labute approximate surface area is 185 Å². The highest BCUT2D eigenvalue weighted by molar-refractivity contribution is 5.89. The van der Waals surface area contributed by atoms with Gasteiger partial charge in [0, 0.05) is 18.3 Å². The van der Waals surface area contributed by atoms with Gasteiger partial charge in [0.2, 0.25) is 0 Å². The lowest BCUT2D eigenvalue weighted by Gasteiger charge is -2.33. The number of methoxy groups -OCH3 is 1. The minimum atomic E-state index is -0.545. The summed E-state index contributed by atoms with van der Waals surface area (Å²) in [7, 11) is 1.39. The van der Waals surface area contributed by atoms with Gasteiger partial charge in [-0.1, -0.05) is 22.9 Å². The van der Waals surface area contributed by atoms with E-state index in [2.05, 4.69) is 15.5 Å². The molecule has 1 aliphatic rings. The van der Waals surface area contributed by atoms with Gasteiger partial charge in [-0.2, -0.15) is 4.98 Å². The van der Waals surface area contributed by atoms with Crippen LogP contribution in [-0.2, 0) is 6.61 Å². The van der Waals surface area contributed by atoms with E-state index < -0.39 is 5.82 Å². The molecule has 2 heterocycles. The zero-order valence-corrected chi connectivity index (χ0v) is 18.0. The van der Waals surface area contributed by atoms with Gasteiger partial charge in [-0.05, 0) is 50.5 Å². The van der Waals surface area contributed by atoms with Gasteiger partial charge in [0.05, 0.1) is 13.2 Å². The summed E-state index contributed by atoms with van der Waals surface area (Å²) >= 11 is 0. The number of likely N-dealkylation sites (tertiary alicyclic amines) is 1. The largest absolute Gasteiger partial charge is 0.494 e. The number of rotatable bonds is 6. The maximum Gasteiger partial charge on any atom is 0.322 e. The van der Waals surface area contributed by atoms with Crippen LogP contribution >= 0.6 is 0 Å². The molecule has 0 bridgehead atoms. The first kappa shape index (κ1) is 21.6. The molecule has 32 heavy (non-hydrogen) atoms. The molecule has 1 fully saturated rings. The van der Waals surface area contributed by atoms with Gasteiger partial charge in [-0.15, -0.1) is 0 Å². The third kappa shape index (κ3) is 4.99. The van der Waals surface area contributed by atoms with Crippen molar-refractivity contribution in [2.45, 2.75) is 38.8 Å². The smallest absolute Gasteiger partial charge is 0.322 e. The summed E-state index contributed by atoms with van der Waals surface area (Å²) in [6, 6.07) is 11.3. The van der Waals surface area contributed by atoms with Gasteiger partial charge in [-0.3, -0.25) is 0 Å². The van der Waals surface area contributed by atoms with E-state index >= 15 is 0 Å². The maximum absolute atomic E-state index is 14.0. The summed E-state index contributed by atoms with van der Waals surface area (Å²) < 4.78 is 29.9. The lowest BCUT2D eigenvalue weighted by molar-refractivity contribution is 0.157. The standard InChI is InChI=1S/C23H25FN4O4/c1-15-6-9-17(10-7-15)31-14-21-26-22(27-32-21)19-5-3-4-12-28(19)23(29)25-16-8-11-20(30-2)18(24)13-16/h6-11,13,19H,3-5,12,14H2,1-2H3,(H,25,29). The van der Waals surface area contributed by atoms with Crippen LogP contribution in [0.3, 0.4) is 0 Å². The Morgan fingerprint density at radius 1 is 1.25 bits per heavy atom. The number of ether oxygens (including phenoxy) is 2. The van der Waals surface area contributed by atoms with Crippen LogP contribution in [0.5, 0.6) is 11.5 Å². The SMILES string of the molecule is COc1ccc(NC(=O)N2CCCCC2c2noc(COc3ccc(C)cc3)n2)cc1F. The number of amides is 2. The zero-order valence-electron chi connectivity index (χ0n) is 18.0. The minimum absolute atomic E-state index is 0.117. The van der Waals surface area contributed by atoms with Crippen molar-refractivity contribution in [2.24, 2.45) is 0 Å². The molecule has 1 aromatic heterocycles. The number of urea groups is 1. The van der Waals surface area contributed by atoms with Crippen LogP contribution in [0.4, 0.5) is 14.9 Å². The Balaban J connectivity index is 1.42. The Morgan fingerprint density at radius 3 is 2.81 bits per heavy atom. The van der Waals surface area contributed by atoms with Gasteiger partial charge < -0.3 is 24.2 Å². The van der Waals surface area contributed by atoms with E-state index in [1.807, 2.05) is 31.2 Å². The average Bonchev–Trinajstić information content (AvgIpc) is 3.28. The molecular weight excluding hydrogens is 415 g/mol. The number of piperidine rings is 1. The maximum atomic E-state index is 14.0. The van der Waals surface area contributed by atoms with E-state index in [0.29, 0.717) is 36.1 Å². The fourth-order valence-electron chi connectivity index (χ4n) is 3.62. The first-order chi connectivity index (χ1) is 15.5. The fourth-order valence-corrected chi connectivity index (χ4v) is 3.62. The highest BCUT2D eigenvalue weighted by Gasteiger charge is 2.31. The molecule has 1 aliphatic heterocycles.